The maximum Gasteiger partial charge on any atom is 0.255 e. The van der Waals surface area contributed by atoms with Gasteiger partial charge in [-0.3, -0.25) is 4.79 Å². The summed E-state index contributed by atoms with van der Waals surface area (Å²) < 4.78 is 0. The second kappa shape index (κ2) is 6.10. The summed E-state index contributed by atoms with van der Waals surface area (Å²) in [5.74, 6) is 0.336. The summed E-state index contributed by atoms with van der Waals surface area (Å²) in [6, 6.07) is 13.2. The highest BCUT2D eigenvalue weighted by Gasteiger charge is 2.07. The van der Waals surface area contributed by atoms with E-state index in [0.717, 1.165) is 5.56 Å². The van der Waals surface area contributed by atoms with Crippen LogP contribution in [0.1, 0.15) is 41.3 Å². The zero-order valence-electron chi connectivity index (χ0n) is 11.9. The number of hydrogen-bond acceptors (Lipinski definition) is 1. The summed E-state index contributed by atoms with van der Waals surface area (Å²) in [5, 5.41) is 3.50. The molecule has 3 heteroatoms. The third-order valence-electron chi connectivity index (χ3n) is 3.27. The van der Waals surface area contributed by atoms with Crippen LogP contribution < -0.4 is 5.32 Å². The van der Waals surface area contributed by atoms with E-state index in [9.17, 15) is 4.79 Å². The van der Waals surface area contributed by atoms with Crippen molar-refractivity contribution in [3.8, 4) is 0 Å². The quantitative estimate of drug-likeness (QED) is 0.843. The standard InChI is InChI=1S/C17H18ClNO/c1-11(2)13-5-7-14(8-6-13)17(20)19-15-9-4-12(3)16(18)10-15/h4-11H,1-3H3,(H,19,20). The molecule has 0 unspecified atom stereocenters. The Morgan fingerprint density at radius 3 is 2.30 bits per heavy atom. The molecule has 0 aromatic heterocycles. The Kier molecular flexibility index (Phi) is 4.46. The Morgan fingerprint density at radius 1 is 1.10 bits per heavy atom. The van der Waals surface area contributed by atoms with E-state index in [2.05, 4.69) is 19.2 Å². The van der Waals surface area contributed by atoms with E-state index in [-0.39, 0.29) is 5.91 Å². The van der Waals surface area contributed by atoms with Crippen molar-refractivity contribution in [3.05, 3.63) is 64.2 Å². The molecule has 0 aliphatic carbocycles. The van der Waals surface area contributed by atoms with Gasteiger partial charge in [0.05, 0.1) is 0 Å². The highest BCUT2D eigenvalue weighted by Crippen LogP contribution is 2.21. The van der Waals surface area contributed by atoms with E-state index in [0.29, 0.717) is 22.2 Å². The van der Waals surface area contributed by atoms with Gasteiger partial charge in [0.25, 0.3) is 5.91 Å². The molecule has 2 nitrogen and oxygen atoms in total. The van der Waals surface area contributed by atoms with Crippen molar-refractivity contribution in [1.82, 2.24) is 0 Å². The molecule has 1 amide bonds. The lowest BCUT2D eigenvalue weighted by Crippen LogP contribution is -2.11. The van der Waals surface area contributed by atoms with Gasteiger partial charge >= 0.3 is 0 Å². The predicted molar refractivity (Wildman–Crippen MR) is 84.7 cm³/mol. The Hall–Kier alpha value is -1.80. The number of carbonyl (C=O) groups is 1. The highest BCUT2D eigenvalue weighted by atomic mass is 35.5. The van der Waals surface area contributed by atoms with Gasteiger partial charge in [-0.15, -0.1) is 0 Å². The first kappa shape index (κ1) is 14.6. The van der Waals surface area contributed by atoms with Gasteiger partial charge in [0.2, 0.25) is 0 Å². The normalized spacial score (nSPS) is 10.7. The van der Waals surface area contributed by atoms with Crippen molar-refractivity contribution in [1.29, 1.82) is 0 Å². The van der Waals surface area contributed by atoms with Crippen molar-refractivity contribution in [3.63, 3.8) is 0 Å². The zero-order chi connectivity index (χ0) is 14.7. The van der Waals surface area contributed by atoms with Crippen LogP contribution in [-0.2, 0) is 0 Å². The second-order valence-corrected chi connectivity index (χ2v) is 5.60. The summed E-state index contributed by atoms with van der Waals surface area (Å²) in [7, 11) is 0. The van der Waals surface area contributed by atoms with Gasteiger partial charge in [-0.2, -0.15) is 0 Å². The molecular formula is C17H18ClNO. The van der Waals surface area contributed by atoms with Crippen LogP contribution >= 0.6 is 11.6 Å². The number of carbonyl (C=O) groups excluding carboxylic acids is 1. The molecule has 0 heterocycles. The number of hydrogen-bond donors (Lipinski definition) is 1. The Bertz CT molecular complexity index is 617. The molecule has 0 fully saturated rings. The van der Waals surface area contributed by atoms with Crippen LogP contribution in [0.4, 0.5) is 5.69 Å². The number of halogens is 1. The highest BCUT2D eigenvalue weighted by molar-refractivity contribution is 6.31. The molecule has 0 atom stereocenters. The number of aryl methyl sites for hydroxylation is 1. The van der Waals surface area contributed by atoms with Crippen LogP contribution in [0, 0.1) is 6.92 Å². The zero-order valence-corrected chi connectivity index (χ0v) is 12.7. The summed E-state index contributed by atoms with van der Waals surface area (Å²) in [5.41, 5.74) is 3.57. The van der Waals surface area contributed by atoms with Crippen LogP contribution in [0.5, 0.6) is 0 Å². The fourth-order valence-corrected chi connectivity index (χ4v) is 2.07. The number of rotatable bonds is 3. The Labute approximate surface area is 124 Å². The van der Waals surface area contributed by atoms with Gasteiger partial charge in [0.15, 0.2) is 0 Å². The van der Waals surface area contributed by atoms with E-state index >= 15 is 0 Å². The topological polar surface area (TPSA) is 29.1 Å². The smallest absolute Gasteiger partial charge is 0.255 e. The number of amides is 1. The first-order valence-corrected chi connectivity index (χ1v) is 7.02. The van der Waals surface area contributed by atoms with Gasteiger partial charge < -0.3 is 5.32 Å². The average Bonchev–Trinajstić information content (AvgIpc) is 2.43. The minimum Gasteiger partial charge on any atom is -0.322 e. The third-order valence-corrected chi connectivity index (χ3v) is 3.68. The van der Waals surface area contributed by atoms with E-state index in [1.54, 1.807) is 6.07 Å². The van der Waals surface area contributed by atoms with E-state index in [4.69, 9.17) is 11.6 Å². The molecule has 2 aromatic rings. The molecule has 0 aliphatic heterocycles. The van der Waals surface area contributed by atoms with Gasteiger partial charge in [-0.25, -0.2) is 0 Å². The fraction of sp³-hybridized carbons (Fsp3) is 0.235. The number of anilines is 1. The maximum absolute atomic E-state index is 12.1. The molecule has 0 radical (unpaired) electrons. The molecule has 0 bridgehead atoms. The van der Waals surface area contributed by atoms with Crippen LogP contribution in [-0.4, -0.2) is 5.91 Å². The van der Waals surface area contributed by atoms with Crippen molar-refractivity contribution in [2.45, 2.75) is 26.7 Å². The van der Waals surface area contributed by atoms with Crippen LogP contribution in [0.15, 0.2) is 42.5 Å². The van der Waals surface area contributed by atoms with E-state index in [1.165, 1.54) is 5.56 Å². The van der Waals surface area contributed by atoms with Crippen LogP contribution in [0.2, 0.25) is 5.02 Å². The SMILES string of the molecule is Cc1ccc(NC(=O)c2ccc(C(C)C)cc2)cc1Cl. The van der Waals surface area contributed by atoms with Gasteiger partial charge in [0, 0.05) is 16.3 Å². The molecule has 0 aliphatic rings. The third kappa shape index (κ3) is 3.40. The van der Waals surface area contributed by atoms with Crippen molar-refractivity contribution >= 4 is 23.2 Å². The summed E-state index contributed by atoms with van der Waals surface area (Å²) in [6.07, 6.45) is 0. The predicted octanol–water partition coefficient (Wildman–Crippen LogP) is 5.02. The lowest BCUT2D eigenvalue weighted by atomic mass is 10.0. The van der Waals surface area contributed by atoms with E-state index < -0.39 is 0 Å². The first-order valence-electron chi connectivity index (χ1n) is 6.65. The molecule has 1 N–H and O–H groups in total. The van der Waals surface area contributed by atoms with Crippen LogP contribution in [0.3, 0.4) is 0 Å². The molecule has 0 saturated carbocycles. The van der Waals surface area contributed by atoms with Gasteiger partial charge in [0.1, 0.15) is 0 Å². The van der Waals surface area contributed by atoms with Crippen molar-refractivity contribution in [2.24, 2.45) is 0 Å². The molecular weight excluding hydrogens is 270 g/mol. The molecule has 20 heavy (non-hydrogen) atoms. The average molecular weight is 288 g/mol. The lowest BCUT2D eigenvalue weighted by Gasteiger charge is -2.09. The Morgan fingerprint density at radius 2 is 1.75 bits per heavy atom. The van der Waals surface area contributed by atoms with Crippen molar-refractivity contribution in [2.75, 3.05) is 5.32 Å². The monoisotopic (exact) mass is 287 g/mol. The Balaban J connectivity index is 2.13. The maximum atomic E-state index is 12.1. The van der Waals surface area contributed by atoms with Gasteiger partial charge in [-0.1, -0.05) is 43.6 Å². The molecule has 104 valence electrons. The summed E-state index contributed by atoms with van der Waals surface area (Å²) in [6.45, 7) is 6.19. The fourth-order valence-electron chi connectivity index (χ4n) is 1.89. The molecule has 0 spiro atoms. The molecule has 2 rings (SSSR count). The van der Waals surface area contributed by atoms with Crippen molar-refractivity contribution < 1.29 is 4.79 Å². The minimum absolute atomic E-state index is 0.125. The minimum atomic E-state index is -0.125. The molecule has 2 aromatic carbocycles. The van der Waals surface area contributed by atoms with Crippen LogP contribution in [0.25, 0.3) is 0 Å². The number of nitrogens with one attached hydrogen (secondary N) is 1. The largest absolute Gasteiger partial charge is 0.322 e. The first-order chi connectivity index (χ1) is 9.47. The number of benzene rings is 2. The summed E-state index contributed by atoms with van der Waals surface area (Å²) >= 11 is 6.05. The van der Waals surface area contributed by atoms with Gasteiger partial charge in [-0.05, 0) is 48.2 Å². The lowest BCUT2D eigenvalue weighted by molar-refractivity contribution is 0.102. The van der Waals surface area contributed by atoms with E-state index in [1.807, 2.05) is 43.3 Å². The molecule has 0 saturated heterocycles. The summed E-state index contributed by atoms with van der Waals surface area (Å²) in [4.78, 5) is 12.1. The second-order valence-electron chi connectivity index (χ2n) is 5.19.